The summed E-state index contributed by atoms with van der Waals surface area (Å²) in [7, 11) is 0.726. The molecule has 0 amide bonds. The summed E-state index contributed by atoms with van der Waals surface area (Å²) >= 11 is 5.95. The SMILES string of the molecule is COc1ccc(-c2nc(S(=O)(=O)c3ccc(Cl)cc3)c(NCCc3ccc(OC)c(OC)c3)o2)cc1. The minimum atomic E-state index is -3.99. The number of hydrogen-bond acceptors (Lipinski definition) is 8. The van der Waals surface area contributed by atoms with Gasteiger partial charge in [-0.1, -0.05) is 17.7 Å². The van der Waals surface area contributed by atoms with Gasteiger partial charge in [0.25, 0.3) is 0 Å². The molecule has 0 saturated heterocycles. The molecule has 4 aromatic rings. The van der Waals surface area contributed by atoms with Crippen molar-refractivity contribution in [2.45, 2.75) is 16.3 Å². The van der Waals surface area contributed by atoms with Crippen LogP contribution in [-0.2, 0) is 16.3 Å². The van der Waals surface area contributed by atoms with E-state index in [1.165, 1.54) is 24.3 Å². The molecule has 0 aliphatic carbocycles. The van der Waals surface area contributed by atoms with Gasteiger partial charge in [-0.25, -0.2) is 8.42 Å². The Labute approximate surface area is 214 Å². The second-order valence-corrected chi connectivity index (χ2v) is 10.0. The molecule has 0 unspecified atom stereocenters. The number of anilines is 1. The molecule has 0 saturated carbocycles. The Balaban J connectivity index is 1.64. The summed E-state index contributed by atoms with van der Waals surface area (Å²) < 4.78 is 48.6. The number of oxazole rings is 1. The predicted molar refractivity (Wildman–Crippen MR) is 137 cm³/mol. The van der Waals surface area contributed by atoms with E-state index in [4.69, 9.17) is 30.2 Å². The molecule has 3 aromatic carbocycles. The molecule has 0 fully saturated rings. The van der Waals surface area contributed by atoms with Crippen molar-refractivity contribution in [3.63, 3.8) is 0 Å². The van der Waals surface area contributed by atoms with E-state index in [1.807, 2.05) is 18.2 Å². The Kier molecular flexibility index (Phi) is 7.71. The van der Waals surface area contributed by atoms with Gasteiger partial charge >= 0.3 is 0 Å². The first kappa shape index (κ1) is 25.4. The van der Waals surface area contributed by atoms with Gasteiger partial charge in [0.2, 0.25) is 26.6 Å². The molecule has 4 rings (SSSR count). The van der Waals surface area contributed by atoms with Gasteiger partial charge in [0.05, 0.1) is 26.2 Å². The van der Waals surface area contributed by atoms with Crippen LogP contribution in [0.15, 0.2) is 81.1 Å². The highest BCUT2D eigenvalue weighted by Gasteiger charge is 2.28. The lowest BCUT2D eigenvalue weighted by Crippen LogP contribution is -2.10. The topological polar surface area (TPSA) is 99.9 Å². The number of nitrogens with one attached hydrogen (secondary N) is 1. The lowest BCUT2D eigenvalue weighted by atomic mass is 10.1. The van der Waals surface area contributed by atoms with Crippen LogP contribution >= 0.6 is 11.6 Å². The highest BCUT2D eigenvalue weighted by molar-refractivity contribution is 7.91. The molecule has 188 valence electrons. The van der Waals surface area contributed by atoms with E-state index in [-0.39, 0.29) is 21.7 Å². The van der Waals surface area contributed by atoms with Crippen molar-refractivity contribution >= 4 is 27.3 Å². The molecule has 36 heavy (non-hydrogen) atoms. The molecule has 0 atom stereocenters. The zero-order chi connectivity index (χ0) is 25.7. The molecule has 1 heterocycles. The third-order valence-electron chi connectivity index (χ3n) is 5.46. The van der Waals surface area contributed by atoms with E-state index >= 15 is 0 Å². The van der Waals surface area contributed by atoms with Crippen molar-refractivity contribution in [1.82, 2.24) is 4.98 Å². The molecule has 0 spiro atoms. The highest BCUT2D eigenvalue weighted by atomic mass is 35.5. The summed E-state index contributed by atoms with van der Waals surface area (Å²) in [5.41, 5.74) is 1.58. The smallest absolute Gasteiger partial charge is 0.233 e. The summed E-state index contributed by atoms with van der Waals surface area (Å²) in [4.78, 5) is 4.41. The Morgan fingerprint density at radius 3 is 2.22 bits per heavy atom. The Morgan fingerprint density at radius 2 is 1.58 bits per heavy atom. The number of rotatable bonds is 10. The Bertz CT molecular complexity index is 1430. The molecule has 0 bridgehead atoms. The minimum absolute atomic E-state index is 0.0521. The third kappa shape index (κ3) is 5.42. The molecule has 0 aliphatic heterocycles. The highest BCUT2D eigenvalue weighted by Crippen LogP contribution is 2.33. The van der Waals surface area contributed by atoms with Gasteiger partial charge in [-0.3, -0.25) is 0 Å². The van der Waals surface area contributed by atoms with Crippen LogP contribution in [0.1, 0.15) is 5.56 Å². The maximum absolute atomic E-state index is 13.4. The van der Waals surface area contributed by atoms with Crippen molar-refractivity contribution in [3.05, 3.63) is 77.3 Å². The fraction of sp³-hybridized carbons (Fsp3) is 0.192. The third-order valence-corrected chi connectivity index (χ3v) is 7.39. The molecular weight excluding hydrogens is 504 g/mol. The summed E-state index contributed by atoms with van der Waals surface area (Å²) in [5, 5.41) is 3.32. The number of sulfone groups is 1. The van der Waals surface area contributed by atoms with Crippen LogP contribution in [0.25, 0.3) is 11.5 Å². The lowest BCUT2D eigenvalue weighted by molar-refractivity contribution is 0.354. The molecule has 0 aliphatic rings. The summed E-state index contributed by atoms with van der Waals surface area (Å²) in [6.45, 7) is 0.385. The molecule has 1 aromatic heterocycles. The normalized spacial score (nSPS) is 11.2. The van der Waals surface area contributed by atoms with Crippen LogP contribution in [0, 0.1) is 0 Å². The van der Waals surface area contributed by atoms with Crippen molar-refractivity contribution < 1.29 is 27.0 Å². The predicted octanol–water partition coefficient (Wildman–Crippen LogP) is 5.51. The van der Waals surface area contributed by atoms with Gasteiger partial charge < -0.3 is 23.9 Å². The summed E-state index contributed by atoms with van der Waals surface area (Å²) in [6, 6.07) is 18.5. The van der Waals surface area contributed by atoms with Crippen molar-refractivity contribution in [1.29, 1.82) is 0 Å². The molecule has 0 radical (unpaired) electrons. The summed E-state index contributed by atoms with van der Waals surface area (Å²) in [5.74, 6) is 2.12. The van der Waals surface area contributed by atoms with E-state index in [0.717, 1.165) is 5.56 Å². The largest absolute Gasteiger partial charge is 0.497 e. The first-order valence-corrected chi connectivity index (χ1v) is 12.8. The number of ether oxygens (including phenoxy) is 3. The number of halogens is 1. The van der Waals surface area contributed by atoms with Crippen molar-refractivity contribution in [2.75, 3.05) is 33.2 Å². The maximum atomic E-state index is 13.4. The average molecular weight is 529 g/mol. The minimum Gasteiger partial charge on any atom is -0.497 e. The van der Waals surface area contributed by atoms with Crippen molar-refractivity contribution in [3.8, 4) is 28.7 Å². The maximum Gasteiger partial charge on any atom is 0.233 e. The van der Waals surface area contributed by atoms with Crippen LogP contribution < -0.4 is 19.5 Å². The average Bonchev–Trinajstić information content (AvgIpc) is 3.34. The van der Waals surface area contributed by atoms with Crippen LogP contribution in [-0.4, -0.2) is 41.3 Å². The summed E-state index contributed by atoms with van der Waals surface area (Å²) in [6.07, 6.45) is 0.569. The molecule has 8 nitrogen and oxygen atoms in total. The standard InChI is InChI=1S/C26H25ClN2O6S/c1-32-20-9-5-18(6-10-20)24-29-26(36(30,31)21-11-7-19(27)8-12-21)25(35-24)28-15-14-17-4-13-22(33-2)23(16-17)34-3/h4-13,16,28H,14-15H2,1-3H3. The van der Waals surface area contributed by atoms with E-state index in [0.29, 0.717) is 40.8 Å². The van der Waals surface area contributed by atoms with Crippen LogP contribution in [0.4, 0.5) is 5.88 Å². The van der Waals surface area contributed by atoms with E-state index in [9.17, 15) is 8.42 Å². The number of nitrogens with zero attached hydrogens (tertiary/aromatic N) is 1. The van der Waals surface area contributed by atoms with Crippen LogP contribution in [0.5, 0.6) is 17.2 Å². The second kappa shape index (κ2) is 10.9. The zero-order valence-corrected chi connectivity index (χ0v) is 21.5. The molecular formula is C26H25ClN2O6S. The van der Waals surface area contributed by atoms with E-state index < -0.39 is 9.84 Å². The molecule has 10 heteroatoms. The lowest BCUT2D eigenvalue weighted by Gasteiger charge is -2.10. The fourth-order valence-corrected chi connectivity index (χ4v) is 4.94. The van der Waals surface area contributed by atoms with Gasteiger partial charge in [-0.2, -0.15) is 4.98 Å². The fourth-order valence-electron chi connectivity index (χ4n) is 3.54. The van der Waals surface area contributed by atoms with E-state index in [1.54, 1.807) is 45.6 Å². The number of methoxy groups -OCH3 is 3. The van der Waals surface area contributed by atoms with Gasteiger partial charge in [0.15, 0.2) is 11.5 Å². The van der Waals surface area contributed by atoms with Gasteiger partial charge in [0.1, 0.15) is 5.75 Å². The van der Waals surface area contributed by atoms with Crippen molar-refractivity contribution in [2.24, 2.45) is 0 Å². The van der Waals surface area contributed by atoms with Gasteiger partial charge in [0, 0.05) is 17.1 Å². The van der Waals surface area contributed by atoms with Crippen LogP contribution in [0.2, 0.25) is 5.02 Å². The first-order valence-electron chi connectivity index (χ1n) is 11.0. The Hall–Kier alpha value is -3.69. The van der Waals surface area contributed by atoms with Gasteiger partial charge in [-0.05, 0) is 72.6 Å². The first-order chi connectivity index (χ1) is 17.3. The number of benzene rings is 3. The number of hydrogen-bond donors (Lipinski definition) is 1. The monoisotopic (exact) mass is 528 g/mol. The van der Waals surface area contributed by atoms with E-state index in [2.05, 4.69) is 10.3 Å². The van der Waals surface area contributed by atoms with Crippen LogP contribution in [0.3, 0.4) is 0 Å². The quantitative estimate of drug-likeness (QED) is 0.288. The second-order valence-electron chi connectivity index (χ2n) is 7.71. The Morgan fingerprint density at radius 1 is 0.889 bits per heavy atom. The number of aromatic nitrogens is 1. The zero-order valence-electron chi connectivity index (χ0n) is 19.9. The molecule has 1 N–H and O–H groups in total. The van der Waals surface area contributed by atoms with Gasteiger partial charge in [-0.15, -0.1) is 0 Å².